The van der Waals surface area contributed by atoms with Gasteiger partial charge in [0, 0.05) is 5.92 Å². The third-order valence-electron chi connectivity index (χ3n) is 2.53. The monoisotopic (exact) mass is 239 g/mol. The maximum Gasteiger partial charge on any atom is 0.337 e. The van der Waals surface area contributed by atoms with Gasteiger partial charge in [-0.05, 0) is 24.6 Å². The molecular weight excluding hydrogens is 225 g/mol. The van der Waals surface area contributed by atoms with Gasteiger partial charge in [0.1, 0.15) is 5.82 Å². The van der Waals surface area contributed by atoms with Gasteiger partial charge >= 0.3 is 5.97 Å². The van der Waals surface area contributed by atoms with E-state index in [0.29, 0.717) is 6.42 Å². The number of carboxylic acid groups (broad SMARTS) is 1. The molecule has 4 nitrogen and oxygen atoms in total. The molecule has 1 rings (SSSR count). The van der Waals surface area contributed by atoms with Crippen LogP contribution in [-0.4, -0.2) is 17.0 Å². The van der Waals surface area contributed by atoms with Gasteiger partial charge in [0.15, 0.2) is 0 Å². The third kappa shape index (κ3) is 3.27. The van der Waals surface area contributed by atoms with E-state index in [1.54, 1.807) is 6.92 Å². The Kier molecular flexibility index (Phi) is 4.20. The maximum absolute atomic E-state index is 13.0. The van der Waals surface area contributed by atoms with Crippen LogP contribution in [-0.2, 0) is 4.79 Å². The minimum Gasteiger partial charge on any atom is -0.478 e. The van der Waals surface area contributed by atoms with E-state index in [2.05, 4.69) is 5.32 Å². The SMILES string of the molecule is CCC(C)C(=O)Nc1cc(F)ccc1C(=O)O. The molecule has 92 valence electrons. The number of carboxylic acids is 1. The van der Waals surface area contributed by atoms with Gasteiger partial charge in [-0.3, -0.25) is 4.79 Å². The molecule has 0 heterocycles. The summed E-state index contributed by atoms with van der Waals surface area (Å²) in [6.45, 7) is 3.56. The van der Waals surface area contributed by atoms with E-state index in [1.165, 1.54) is 0 Å². The van der Waals surface area contributed by atoms with E-state index in [9.17, 15) is 14.0 Å². The minimum atomic E-state index is -1.20. The highest BCUT2D eigenvalue weighted by molar-refractivity contribution is 6.01. The highest BCUT2D eigenvalue weighted by Crippen LogP contribution is 2.18. The molecule has 0 spiro atoms. The molecule has 17 heavy (non-hydrogen) atoms. The van der Waals surface area contributed by atoms with Crippen molar-refractivity contribution in [2.24, 2.45) is 5.92 Å². The molecule has 0 aromatic heterocycles. The second-order valence-electron chi connectivity index (χ2n) is 3.79. The Balaban J connectivity index is 3.00. The number of amides is 1. The van der Waals surface area contributed by atoms with Crippen LogP contribution in [0.1, 0.15) is 30.6 Å². The zero-order valence-corrected chi connectivity index (χ0v) is 9.66. The fourth-order valence-electron chi connectivity index (χ4n) is 1.25. The smallest absolute Gasteiger partial charge is 0.337 e. The van der Waals surface area contributed by atoms with Crippen LogP contribution in [0.15, 0.2) is 18.2 Å². The molecule has 1 unspecified atom stereocenters. The van der Waals surface area contributed by atoms with Crippen molar-refractivity contribution < 1.29 is 19.1 Å². The number of anilines is 1. The lowest BCUT2D eigenvalue weighted by molar-refractivity contribution is -0.119. The Hall–Kier alpha value is -1.91. The summed E-state index contributed by atoms with van der Waals surface area (Å²) in [5, 5.41) is 11.3. The third-order valence-corrected chi connectivity index (χ3v) is 2.53. The molecule has 0 fully saturated rings. The molecule has 0 bridgehead atoms. The zero-order valence-electron chi connectivity index (χ0n) is 9.66. The maximum atomic E-state index is 13.0. The van der Waals surface area contributed by atoms with Crippen LogP contribution in [0.2, 0.25) is 0 Å². The topological polar surface area (TPSA) is 66.4 Å². The van der Waals surface area contributed by atoms with Crippen LogP contribution in [0.5, 0.6) is 0 Å². The van der Waals surface area contributed by atoms with Gasteiger partial charge in [0.05, 0.1) is 11.3 Å². The van der Waals surface area contributed by atoms with E-state index >= 15 is 0 Å². The quantitative estimate of drug-likeness (QED) is 0.848. The molecule has 0 radical (unpaired) electrons. The van der Waals surface area contributed by atoms with Crippen LogP contribution in [0, 0.1) is 11.7 Å². The summed E-state index contributed by atoms with van der Waals surface area (Å²) < 4.78 is 13.0. The first kappa shape index (κ1) is 13.2. The predicted octanol–water partition coefficient (Wildman–Crippen LogP) is 2.51. The zero-order chi connectivity index (χ0) is 13.0. The van der Waals surface area contributed by atoms with E-state index in [-0.39, 0.29) is 23.1 Å². The minimum absolute atomic E-state index is 0.0113. The molecule has 0 aliphatic rings. The van der Waals surface area contributed by atoms with Gasteiger partial charge in [0.2, 0.25) is 5.91 Å². The fourth-order valence-corrected chi connectivity index (χ4v) is 1.25. The van der Waals surface area contributed by atoms with Crippen LogP contribution in [0.4, 0.5) is 10.1 Å². The number of carbonyl (C=O) groups is 2. The lowest BCUT2D eigenvalue weighted by Gasteiger charge is -2.12. The van der Waals surface area contributed by atoms with Crippen LogP contribution >= 0.6 is 0 Å². The van der Waals surface area contributed by atoms with Crippen molar-refractivity contribution in [1.82, 2.24) is 0 Å². The van der Waals surface area contributed by atoms with Gasteiger partial charge in [0.25, 0.3) is 0 Å². The molecular formula is C12H14FNO3. The van der Waals surface area contributed by atoms with Crippen LogP contribution < -0.4 is 5.32 Å². The number of halogens is 1. The number of hydrogen-bond donors (Lipinski definition) is 2. The average Bonchev–Trinajstić information content (AvgIpc) is 2.27. The van der Waals surface area contributed by atoms with E-state index < -0.39 is 11.8 Å². The van der Waals surface area contributed by atoms with E-state index in [1.807, 2.05) is 6.92 Å². The van der Waals surface area contributed by atoms with E-state index in [0.717, 1.165) is 18.2 Å². The number of nitrogens with one attached hydrogen (secondary N) is 1. The number of benzene rings is 1. The molecule has 1 atom stereocenters. The standard InChI is InChI=1S/C12H14FNO3/c1-3-7(2)11(15)14-10-6-8(13)4-5-9(10)12(16)17/h4-7H,3H2,1-2H3,(H,14,15)(H,16,17). The Labute approximate surface area is 98.5 Å². The Morgan fingerprint density at radius 3 is 2.65 bits per heavy atom. The Morgan fingerprint density at radius 2 is 2.12 bits per heavy atom. The summed E-state index contributed by atoms with van der Waals surface area (Å²) in [5.74, 6) is -2.36. The molecule has 5 heteroatoms. The normalized spacial score (nSPS) is 11.9. The van der Waals surface area contributed by atoms with Crippen molar-refractivity contribution >= 4 is 17.6 Å². The van der Waals surface area contributed by atoms with Crippen molar-refractivity contribution in [3.05, 3.63) is 29.6 Å². The number of rotatable bonds is 4. The molecule has 0 aliphatic carbocycles. The summed E-state index contributed by atoms with van der Waals surface area (Å²) >= 11 is 0. The van der Waals surface area contributed by atoms with Gasteiger partial charge in [-0.25, -0.2) is 9.18 Å². The van der Waals surface area contributed by atoms with Gasteiger partial charge in [-0.1, -0.05) is 13.8 Å². The first-order valence-corrected chi connectivity index (χ1v) is 5.29. The molecule has 0 saturated heterocycles. The summed E-state index contributed by atoms with van der Waals surface area (Å²) in [6.07, 6.45) is 0.629. The van der Waals surface area contributed by atoms with Gasteiger partial charge < -0.3 is 10.4 Å². The highest BCUT2D eigenvalue weighted by atomic mass is 19.1. The molecule has 0 aliphatic heterocycles. The van der Waals surface area contributed by atoms with Crippen molar-refractivity contribution in [1.29, 1.82) is 0 Å². The fraction of sp³-hybridized carbons (Fsp3) is 0.333. The van der Waals surface area contributed by atoms with Crippen molar-refractivity contribution in [2.75, 3.05) is 5.32 Å². The second kappa shape index (κ2) is 5.43. The summed E-state index contributed by atoms with van der Waals surface area (Å²) in [7, 11) is 0. The van der Waals surface area contributed by atoms with E-state index in [4.69, 9.17) is 5.11 Å². The average molecular weight is 239 g/mol. The van der Waals surface area contributed by atoms with Crippen molar-refractivity contribution in [3.63, 3.8) is 0 Å². The number of hydrogen-bond acceptors (Lipinski definition) is 2. The number of carbonyl (C=O) groups excluding carboxylic acids is 1. The number of aromatic carboxylic acids is 1. The van der Waals surface area contributed by atoms with Gasteiger partial charge in [-0.15, -0.1) is 0 Å². The van der Waals surface area contributed by atoms with Crippen LogP contribution in [0.3, 0.4) is 0 Å². The summed E-state index contributed by atoms with van der Waals surface area (Å²) in [4.78, 5) is 22.5. The summed E-state index contributed by atoms with van der Waals surface area (Å²) in [6, 6.07) is 3.18. The summed E-state index contributed by atoms with van der Waals surface area (Å²) in [5.41, 5.74) is -0.133. The molecule has 1 aromatic carbocycles. The molecule has 1 amide bonds. The second-order valence-corrected chi connectivity index (χ2v) is 3.79. The van der Waals surface area contributed by atoms with Gasteiger partial charge in [-0.2, -0.15) is 0 Å². The Morgan fingerprint density at radius 1 is 1.47 bits per heavy atom. The molecule has 1 aromatic rings. The first-order chi connectivity index (χ1) is 7.95. The molecule has 2 N–H and O–H groups in total. The largest absolute Gasteiger partial charge is 0.478 e. The lowest BCUT2D eigenvalue weighted by atomic mass is 10.1. The Bertz CT molecular complexity index is 445. The van der Waals surface area contributed by atoms with Crippen LogP contribution in [0.25, 0.3) is 0 Å². The highest BCUT2D eigenvalue weighted by Gasteiger charge is 2.16. The molecule has 0 saturated carbocycles. The van der Waals surface area contributed by atoms with Crippen molar-refractivity contribution in [2.45, 2.75) is 20.3 Å². The predicted molar refractivity (Wildman–Crippen MR) is 61.4 cm³/mol. The van der Waals surface area contributed by atoms with Crippen molar-refractivity contribution in [3.8, 4) is 0 Å². The lowest BCUT2D eigenvalue weighted by Crippen LogP contribution is -2.21. The first-order valence-electron chi connectivity index (χ1n) is 5.29.